The molecule has 0 spiro atoms. The van der Waals surface area contributed by atoms with Crippen LogP contribution >= 0.6 is 0 Å². The topological polar surface area (TPSA) is 127 Å². The molecule has 0 saturated carbocycles. The molecule has 2 aliphatic rings. The Hall–Kier alpha value is -2.69. The molecule has 2 fully saturated rings. The molecule has 2 aliphatic heterocycles. The Bertz CT molecular complexity index is 878. The van der Waals surface area contributed by atoms with E-state index in [-0.39, 0.29) is 41.4 Å². The van der Waals surface area contributed by atoms with Crippen LogP contribution < -0.4 is 4.74 Å². The van der Waals surface area contributed by atoms with Crippen LogP contribution in [0.2, 0.25) is 0 Å². The van der Waals surface area contributed by atoms with Crippen molar-refractivity contribution in [3.05, 3.63) is 34.4 Å². The molecule has 2 saturated heterocycles. The first-order chi connectivity index (χ1) is 13.2. The molecule has 152 valence electrons. The van der Waals surface area contributed by atoms with E-state index in [0.29, 0.717) is 32.6 Å². The van der Waals surface area contributed by atoms with E-state index in [9.17, 15) is 28.1 Å². The minimum absolute atomic E-state index is 0.0524. The summed E-state index contributed by atoms with van der Waals surface area (Å²) in [7, 11) is -3.12. The second kappa shape index (κ2) is 8.13. The number of hydrogen-bond donors (Lipinski definition) is 0. The second-order valence-corrected chi connectivity index (χ2v) is 9.08. The van der Waals surface area contributed by atoms with Crippen molar-refractivity contribution in [2.75, 3.05) is 44.3 Å². The number of carbonyl (C=O) groups excluding carboxylic acids is 2. The van der Waals surface area contributed by atoms with Crippen molar-refractivity contribution in [1.29, 1.82) is 0 Å². The number of rotatable bonds is 5. The third-order valence-corrected chi connectivity index (χ3v) is 6.68. The molecule has 2 heterocycles. The van der Waals surface area contributed by atoms with Gasteiger partial charge in [-0.15, -0.1) is 0 Å². The molecule has 0 aromatic heterocycles. The third-order valence-electron chi connectivity index (χ3n) is 4.92. The van der Waals surface area contributed by atoms with E-state index < -0.39 is 20.7 Å². The van der Waals surface area contributed by atoms with Crippen LogP contribution in [-0.4, -0.2) is 79.2 Å². The molecule has 0 N–H and O–H groups in total. The number of piperazine rings is 1. The van der Waals surface area contributed by atoms with Crippen LogP contribution in [-0.2, 0) is 19.4 Å². The summed E-state index contributed by atoms with van der Waals surface area (Å²) in [6.07, 6.45) is 0.358. The Morgan fingerprint density at radius 3 is 2.46 bits per heavy atom. The van der Waals surface area contributed by atoms with Gasteiger partial charge in [-0.25, -0.2) is 8.42 Å². The first-order valence-electron chi connectivity index (χ1n) is 8.89. The maximum absolute atomic E-state index is 12.4. The third kappa shape index (κ3) is 4.77. The molecule has 28 heavy (non-hydrogen) atoms. The van der Waals surface area contributed by atoms with Gasteiger partial charge in [-0.2, -0.15) is 0 Å². The number of hydrogen-bond acceptors (Lipinski definition) is 7. The molecule has 0 bridgehead atoms. The van der Waals surface area contributed by atoms with Crippen LogP contribution in [0, 0.1) is 16.0 Å². The normalized spacial score (nSPS) is 21.4. The quantitative estimate of drug-likeness (QED) is 0.496. The van der Waals surface area contributed by atoms with Crippen LogP contribution in [0.25, 0.3) is 0 Å². The van der Waals surface area contributed by atoms with E-state index in [4.69, 9.17) is 4.74 Å². The van der Waals surface area contributed by atoms with Crippen LogP contribution in [0.1, 0.15) is 6.42 Å². The standard InChI is InChI=1S/C17H21N3O7S/c21-16(11-27-15-3-1-2-14(10-15)20(23)24)18-5-7-19(8-6-18)17(22)13-4-9-28(25,26)12-13/h1-3,10,13H,4-9,11-12H2. The summed E-state index contributed by atoms with van der Waals surface area (Å²) in [5, 5.41) is 10.8. The maximum atomic E-state index is 12.4. The van der Waals surface area contributed by atoms with Crippen LogP contribution in [0.4, 0.5) is 5.69 Å². The highest BCUT2D eigenvalue weighted by Gasteiger charge is 2.36. The average molecular weight is 411 g/mol. The van der Waals surface area contributed by atoms with Gasteiger partial charge in [0.05, 0.1) is 28.4 Å². The highest BCUT2D eigenvalue weighted by Crippen LogP contribution is 2.22. The molecule has 1 unspecified atom stereocenters. The van der Waals surface area contributed by atoms with Crippen molar-refractivity contribution in [3.63, 3.8) is 0 Å². The Morgan fingerprint density at radius 2 is 1.86 bits per heavy atom. The largest absolute Gasteiger partial charge is 0.484 e. The molecule has 1 aromatic rings. The number of non-ortho nitro benzene ring substituents is 1. The fourth-order valence-corrected chi connectivity index (χ4v) is 5.08. The van der Waals surface area contributed by atoms with Crippen molar-refractivity contribution >= 4 is 27.3 Å². The van der Waals surface area contributed by atoms with Crippen molar-refractivity contribution in [2.24, 2.45) is 5.92 Å². The van der Waals surface area contributed by atoms with Gasteiger partial charge in [-0.1, -0.05) is 6.07 Å². The number of nitrogens with zero attached hydrogens (tertiary/aromatic N) is 3. The van der Waals surface area contributed by atoms with E-state index in [1.54, 1.807) is 9.80 Å². The van der Waals surface area contributed by atoms with Gasteiger partial charge < -0.3 is 14.5 Å². The summed E-state index contributed by atoms with van der Waals surface area (Å²) >= 11 is 0. The lowest BCUT2D eigenvalue weighted by atomic mass is 10.1. The monoisotopic (exact) mass is 411 g/mol. The smallest absolute Gasteiger partial charge is 0.273 e. The van der Waals surface area contributed by atoms with E-state index >= 15 is 0 Å². The van der Waals surface area contributed by atoms with Gasteiger partial charge in [0, 0.05) is 32.2 Å². The van der Waals surface area contributed by atoms with E-state index in [2.05, 4.69) is 0 Å². The zero-order valence-corrected chi connectivity index (χ0v) is 16.0. The van der Waals surface area contributed by atoms with E-state index in [1.807, 2.05) is 0 Å². The van der Waals surface area contributed by atoms with E-state index in [1.165, 1.54) is 24.3 Å². The molecule has 1 aromatic carbocycles. The van der Waals surface area contributed by atoms with Gasteiger partial charge in [0.1, 0.15) is 5.75 Å². The lowest BCUT2D eigenvalue weighted by Gasteiger charge is -2.35. The van der Waals surface area contributed by atoms with Crippen LogP contribution in [0.15, 0.2) is 24.3 Å². The number of ether oxygens (including phenoxy) is 1. The number of benzene rings is 1. The molecular weight excluding hydrogens is 390 g/mol. The van der Waals surface area contributed by atoms with Gasteiger partial charge in [0.25, 0.3) is 11.6 Å². The average Bonchev–Trinajstić information content (AvgIpc) is 3.05. The van der Waals surface area contributed by atoms with Crippen LogP contribution in [0.3, 0.4) is 0 Å². The Morgan fingerprint density at radius 1 is 1.18 bits per heavy atom. The summed E-state index contributed by atoms with van der Waals surface area (Å²) in [4.78, 5) is 38.1. The maximum Gasteiger partial charge on any atom is 0.273 e. The number of amides is 2. The molecular formula is C17H21N3O7S. The Kier molecular flexibility index (Phi) is 5.82. The molecule has 1 atom stereocenters. The molecule has 10 nitrogen and oxygen atoms in total. The molecule has 0 radical (unpaired) electrons. The molecule has 2 amide bonds. The summed E-state index contributed by atoms with van der Waals surface area (Å²) in [6.45, 7) is 1.11. The summed E-state index contributed by atoms with van der Waals surface area (Å²) in [6, 6.07) is 5.60. The van der Waals surface area contributed by atoms with Crippen molar-refractivity contribution < 1.29 is 27.7 Å². The van der Waals surface area contributed by atoms with Gasteiger partial charge in [0.2, 0.25) is 5.91 Å². The summed E-state index contributed by atoms with van der Waals surface area (Å²) in [5.41, 5.74) is -0.119. The Balaban J connectivity index is 1.47. The van der Waals surface area contributed by atoms with Gasteiger partial charge in [0.15, 0.2) is 16.4 Å². The molecule has 0 aliphatic carbocycles. The number of carbonyl (C=O) groups is 2. The number of nitro groups is 1. The van der Waals surface area contributed by atoms with Gasteiger partial charge in [-0.3, -0.25) is 19.7 Å². The zero-order valence-electron chi connectivity index (χ0n) is 15.2. The second-order valence-electron chi connectivity index (χ2n) is 6.85. The highest BCUT2D eigenvalue weighted by atomic mass is 32.2. The first kappa shape index (κ1) is 20.1. The van der Waals surface area contributed by atoms with Crippen molar-refractivity contribution in [2.45, 2.75) is 6.42 Å². The lowest BCUT2D eigenvalue weighted by Crippen LogP contribution is -2.53. The number of sulfone groups is 1. The van der Waals surface area contributed by atoms with Crippen molar-refractivity contribution in [1.82, 2.24) is 9.80 Å². The number of nitro benzene ring substituents is 1. The lowest BCUT2D eigenvalue weighted by molar-refractivity contribution is -0.384. The summed E-state index contributed by atoms with van der Waals surface area (Å²) < 4.78 is 28.4. The van der Waals surface area contributed by atoms with Crippen LogP contribution in [0.5, 0.6) is 5.75 Å². The SMILES string of the molecule is O=C(COc1cccc([N+](=O)[O-])c1)N1CCN(C(=O)C2CCS(=O)(=O)C2)CC1. The summed E-state index contributed by atoms with van der Waals surface area (Å²) in [5.74, 6) is -0.731. The fraction of sp³-hybridized carbons (Fsp3) is 0.529. The van der Waals surface area contributed by atoms with Crippen molar-refractivity contribution in [3.8, 4) is 5.75 Å². The fourth-order valence-electron chi connectivity index (χ4n) is 3.35. The predicted octanol–water partition coefficient (Wildman–Crippen LogP) is 0.0791. The Labute approximate surface area is 162 Å². The molecule has 11 heteroatoms. The zero-order chi connectivity index (χ0) is 20.3. The predicted molar refractivity (Wildman–Crippen MR) is 98.5 cm³/mol. The molecule has 3 rings (SSSR count). The van der Waals surface area contributed by atoms with Gasteiger partial charge >= 0.3 is 0 Å². The van der Waals surface area contributed by atoms with E-state index in [0.717, 1.165) is 0 Å². The first-order valence-corrected chi connectivity index (χ1v) is 10.7. The van der Waals surface area contributed by atoms with Gasteiger partial charge in [-0.05, 0) is 12.5 Å². The minimum atomic E-state index is -3.12. The highest BCUT2D eigenvalue weighted by molar-refractivity contribution is 7.91. The minimum Gasteiger partial charge on any atom is -0.484 e.